The van der Waals surface area contributed by atoms with Crippen molar-refractivity contribution in [1.29, 1.82) is 0 Å². The monoisotopic (exact) mass is 443 g/mol. The minimum Gasteiger partial charge on any atom is -0.311 e. The first-order chi connectivity index (χ1) is 15.6. The summed E-state index contributed by atoms with van der Waals surface area (Å²) < 4.78 is 24.8. The second-order valence-electron chi connectivity index (χ2n) is 8.12. The summed E-state index contributed by atoms with van der Waals surface area (Å²) in [6.07, 6.45) is 0. The van der Waals surface area contributed by atoms with Crippen molar-refractivity contribution in [3.63, 3.8) is 0 Å². The molecule has 5 aromatic carbocycles. The van der Waals surface area contributed by atoms with Crippen molar-refractivity contribution in [3.05, 3.63) is 96.1 Å². The van der Waals surface area contributed by atoms with Crippen molar-refractivity contribution >= 4 is 39.9 Å². The molecule has 0 spiro atoms. The zero-order chi connectivity index (χ0) is 22.3. The summed E-state index contributed by atoms with van der Waals surface area (Å²) in [5, 5.41) is 10.6. The molecular weight excluding hydrogens is 417 g/mol. The van der Waals surface area contributed by atoms with Crippen molar-refractivity contribution in [3.8, 4) is 0 Å². The van der Waals surface area contributed by atoms with Gasteiger partial charge < -0.3 is 9.05 Å². The highest BCUT2D eigenvalue weighted by atomic mass is 31.2. The molecule has 162 valence electrons. The summed E-state index contributed by atoms with van der Waals surface area (Å²) in [6.45, 7) is 2.06. The van der Waals surface area contributed by atoms with Crippen LogP contribution in [0.15, 0.2) is 84.9 Å². The van der Waals surface area contributed by atoms with Crippen LogP contribution in [0.4, 0.5) is 0 Å². The highest BCUT2D eigenvalue weighted by Gasteiger charge is 2.37. The molecule has 0 heterocycles. The number of hydrogen-bond donors (Lipinski definition) is 1. The molecule has 0 radical (unpaired) electrons. The minimum absolute atomic E-state index is 0.0571. The third-order valence-electron chi connectivity index (χ3n) is 6.39. The Labute approximate surface area is 188 Å². The summed E-state index contributed by atoms with van der Waals surface area (Å²) in [4.78, 5) is 0. The fourth-order valence-electron chi connectivity index (χ4n) is 4.71. The van der Waals surface area contributed by atoms with Crippen molar-refractivity contribution in [1.82, 2.24) is 5.32 Å². The molecule has 2 atom stereocenters. The van der Waals surface area contributed by atoms with Gasteiger partial charge in [-0.25, -0.2) is 0 Å². The summed E-state index contributed by atoms with van der Waals surface area (Å²) >= 11 is 0. The molecule has 4 nitrogen and oxygen atoms in total. The predicted molar refractivity (Wildman–Crippen MR) is 133 cm³/mol. The van der Waals surface area contributed by atoms with Crippen molar-refractivity contribution in [2.24, 2.45) is 0 Å². The van der Waals surface area contributed by atoms with Crippen LogP contribution in [0.1, 0.15) is 29.9 Å². The smallest absolute Gasteiger partial charge is 0.311 e. The summed E-state index contributed by atoms with van der Waals surface area (Å²) in [7, 11) is -0.597. The van der Waals surface area contributed by atoms with E-state index in [1.807, 2.05) is 24.3 Å². The molecule has 32 heavy (non-hydrogen) atoms. The number of rotatable bonds is 7. The SMILES string of the molecule is COP(=O)(OC)C(N[C@H](C)c1ccccc1)c1ccc2ccc3cccc4ccc1c2c34. The van der Waals surface area contributed by atoms with Crippen LogP contribution in [0.3, 0.4) is 0 Å². The fraction of sp³-hybridized carbons (Fsp3) is 0.185. The van der Waals surface area contributed by atoms with Gasteiger partial charge in [-0.05, 0) is 50.4 Å². The molecule has 0 fully saturated rings. The van der Waals surface area contributed by atoms with Crippen LogP contribution in [0.5, 0.6) is 0 Å². The second-order valence-corrected chi connectivity index (χ2v) is 10.4. The third kappa shape index (κ3) is 3.41. The van der Waals surface area contributed by atoms with E-state index in [0.29, 0.717) is 0 Å². The third-order valence-corrected chi connectivity index (χ3v) is 8.47. The van der Waals surface area contributed by atoms with Crippen molar-refractivity contribution < 1.29 is 13.6 Å². The van der Waals surface area contributed by atoms with E-state index in [9.17, 15) is 4.57 Å². The van der Waals surface area contributed by atoms with Gasteiger partial charge in [-0.15, -0.1) is 0 Å². The normalized spacial score (nSPS) is 14.3. The van der Waals surface area contributed by atoms with Gasteiger partial charge in [0.15, 0.2) is 0 Å². The lowest BCUT2D eigenvalue weighted by Crippen LogP contribution is -2.26. The lowest BCUT2D eigenvalue weighted by Gasteiger charge is -2.30. The molecule has 0 saturated heterocycles. The Kier molecular flexibility index (Phi) is 5.48. The molecule has 0 aliphatic carbocycles. The Hall–Kier alpha value is -2.75. The van der Waals surface area contributed by atoms with Crippen LogP contribution in [-0.4, -0.2) is 14.2 Å². The second kappa shape index (κ2) is 8.31. The zero-order valence-electron chi connectivity index (χ0n) is 18.4. The van der Waals surface area contributed by atoms with E-state index in [2.05, 4.69) is 72.9 Å². The highest BCUT2D eigenvalue weighted by molar-refractivity contribution is 7.54. The maximum Gasteiger partial charge on any atom is 0.351 e. The summed E-state index contributed by atoms with van der Waals surface area (Å²) in [5.41, 5.74) is 2.01. The van der Waals surface area contributed by atoms with Crippen LogP contribution in [-0.2, 0) is 13.6 Å². The lowest BCUT2D eigenvalue weighted by atomic mass is 9.92. The first-order valence-corrected chi connectivity index (χ1v) is 12.4. The number of benzene rings is 5. The van der Waals surface area contributed by atoms with Gasteiger partial charge in [-0.1, -0.05) is 84.9 Å². The van der Waals surface area contributed by atoms with Gasteiger partial charge in [0.2, 0.25) is 0 Å². The van der Waals surface area contributed by atoms with Gasteiger partial charge in [0.05, 0.1) is 0 Å². The Balaban J connectivity index is 1.73. The summed E-state index contributed by atoms with van der Waals surface area (Å²) in [6, 6.07) is 29.1. The molecule has 5 heteroatoms. The van der Waals surface area contributed by atoms with Crippen LogP contribution in [0.25, 0.3) is 32.3 Å². The minimum atomic E-state index is -3.49. The van der Waals surface area contributed by atoms with Gasteiger partial charge >= 0.3 is 7.60 Å². The van der Waals surface area contributed by atoms with E-state index >= 15 is 0 Å². The standard InChI is InChI=1S/C27H26NO3P/c1-18(19-8-5-4-6-9-19)28-27(32(29,30-2)31-3)24-17-15-22-13-12-20-10-7-11-21-14-16-23(24)26(22)25(20)21/h4-18,27-28H,1-3H3/t18-,27?/m1/s1. The molecule has 5 rings (SSSR count). The van der Waals surface area contributed by atoms with E-state index in [-0.39, 0.29) is 6.04 Å². The van der Waals surface area contributed by atoms with E-state index in [1.54, 1.807) is 0 Å². The molecule has 0 bridgehead atoms. The van der Waals surface area contributed by atoms with E-state index < -0.39 is 13.4 Å². The van der Waals surface area contributed by atoms with Gasteiger partial charge in [-0.3, -0.25) is 9.88 Å². The Morgan fingerprint density at radius 1 is 0.719 bits per heavy atom. The molecule has 0 aliphatic rings. The van der Waals surface area contributed by atoms with Gasteiger partial charge in [0.25, 0.3) is 0 Å². The number of nitrogens with one attached hydrogen (secondary N) is 1. The van der Waals surface area contributed by atoms with Crippen molar-refractivity contribution in [2.75, 3.05) is 14.2 Å². The molecule has 0 saturated carbocycles. The van der Waals surface area contributed by atoms with Gasteiger partial charge in [0.1, 0.15) is 5.78 Å². The van der Waals surface area contributed by atoms with Crippen LogP contribution in [0, 0.1) is 0 Å². The molecule has 5 aromatic rings. The molecular formula is C27H26NO3P. The van der Waals surface area contributed by atoms with E-state index in [4.69, 9.17) is 9.05 Å². The lowest BCUT2D eigenvalue weighted by molar-refractivity contribution is 0.256. The van der Waals surface area contributed by atoms with E-state index in [0.717, 1.165) is 21.9 Å². The fourth-order valence-corrected chi connectivity index (χ4v) is 6.25. The van der Waals surface area contributed by atoms with Crippen LogP contribution >= 0.6 is 7.60 Å². The zero-order valence-corrected chi connectivity index (χ0v) is 19.3. The Morgan fingerprint density at radius 2 is 1.31 bits per heavy atom. The van der Waals surface area contributed by atoms with Crippen molar-refractivity contribution in [2.45, 2.75) is 18.7 Å². The molecule has 0 aromatic heterocycles. The maximum absolute atomic E-state index is 13.8. The molecule has 1 unspecified atom stereocenters. The Morgan fingerprint density at radius 3 is 1.97 bits per heavy atom. The largest absolute Gasteiger partial charge is 0.351 e. The average Bonchev–Trinajstić information content (AvgIpc) is 2.86. The van der Waals surface area contributed by atoms with E-state index in [1.165, 1.54) is 35.8 Å². The van der Waals surface area contributed by atoms with Gasteiger partial charge in [0, 0.05) is 20.3 Å². The molecule has 1 N–H and O–H groups in total. The first kappa shape index (κ1) is 21.1. The van der Waals surface area contributed by atoms with Crippen LogP contribution < -0.4 is 5.32 Å². The predicted octanol–water partition coefficient (Wildman–Crippen LogP) is 7.42. The maximum atomic E-state index is 13.8. The quantitative estimate of drug-likeness (QED) is 0.210. The molecule has 0 aliphatic heterocycles. The number of hydrogen-bond acceptors (Lipinski definition) is 4. The first-order valence-electron chi connectivity index (χ1n) is 10.7. The van der Waals surface area contributed by atoms with Crippen LogP contribution in [0.2, 0.25) is 0 Å². The van der Waals surface area contributed by atoms with Gasteiger partial charge in [-0.2, -0.15) is 0 Å². The average molecular weight is 443 g/mol. The topological polar surface area (TPSA) is 47.6 Å². The highest BCUT2D eigenvalue weighted by Crippen LogP contribution is 2.60. The molecule has 0 amide bonds. The Bertz CT molecular complexity index is 1410. The summed E-state index contributed by atoms with van der Waals surface area (Å²) in [5.74, 6) is -0.628.